The lowest BCUT2D eigenvalue weighted by Gasteiger charge is -2.15. The monoisotopic (exact) mass is 275 g/mol. The summed E-state index contributed by atoms with van der Waals surface area (Å²) in [5.41, 5.74) is 3.42. The van der Waals surface area contributed by atoms with E-state index in [0.717, 1.165) is 17.8 Å². The number of nitrogens with one attached hydrogen (secondary N) is 1. The molecule has 1 aromatic heterocycles. The number of aryl methyl sites for hydroxylation is 1. The Morgan fingerprint density at radius 1 is 1.45 bits per heavy atom. The molecule has 0 fully saturated rings. The number of aromatic hydroxyl groups is 1. The zero-order valence-corrected chi connectivity index (χ0v) is 12.3. The second kappa shape index (κ2) is 5.96. The first-order chi connectivity index (χ1) is 9.52. The molecule has 5 heteroatoms. The van der Waals surface area contributed by atoms with Crippen LogP contribution in [0.5, 0.6) is 11.5 Å². The predicted octanol–water partition coefficient (Wildman–Crippen LogP) is 2.29. The molecule has 0 bridgehead atoms. The maximum Gasteiger partial charge on any atom is 0.160 e. The molecule has 0 saturated heterocycles. The van der Waals surface area contributed by atoms with Crippen LogP contribution in [0.2, 0.25) is 0 Å². The van der Waals surface area contributed by atoms with E-state index >= 15 is 0 Å². The lowest BCUT2D eigenvalue weighted by Crippen LogP contribution is -2.18. The van der Waals surface area contributed by atoms with Crippen LogP contribution < -0.4 is 10.1 Å². The molecular formula is C15H21N3O2. The molecule has 2 N–H and O–H groups in total. The van der Waals surface area contributed by atoms with Gasteiger partial charge in [-0.25, -0.2) is 0 Å². The van der Waals surface area contributed by atoms with Crippen LogP contribution in [0, 0.1) is 6.92 Å². The summed E-state index contributed by atoms with van der Waals surface area (Å²) in [7, 11) is 3.49. The Morgan fingerprint density at radius 3 is 2.80 bits per heavy atom. The van der Waals surface area contributed by atoms with Crippen molar-refractivity contribution in [3.05, 3.63) is 41.2 Å². The minimum Gasteiger partial charge on any atom is -0.504 e. The van der Waals surface area contributed by atoms with Crippen molar-refractivity contribution in [1.82, 2.24) is 15.1 Å². The number of ether oxygens (including phenoxy) is 1. The molecule has 0 amide bonds. The van der Waals surface area contributed by atoms with Gasteiger partial charge in [-0.2, -0.15) is 5.10 Å². The Bertz CT molecular complexity index is 593. The summed E-state index contributed by atoms with van der Waals surface area (Å²) in [6.07, 6.45) is 1.88. The van der Waals surface area contributed by atoms with E-state index in [1.807, 2.05) is 30.1 Å². The predicted molar refractivity (Wildman–Crippen MR) is 77.9 cm³/mol. The van der Waals surface area contributed by atoms with Gasteiger partial charge in [-0.3, -0.25) is 4.68 Å². The van der Waals surface area contributed by atoms with Crippen molar-refractivity contribution >= 4 is 0 Å². The van der Waals surface area contributed by atoms with E-state index in [-0.39, 0.29) is 11.8 Å². The molecule has 1 heterocycles. The van der Waals surface area contributed by atoms with E-state index < -0.39 is 0 Å². The second-order valence-corrected chi connectivity index (χ2v) is 4.91. The smallest absolute Gasteiger partial charge is 0.160 e. The minimum absolute atomic E-state index is 0.157. The molecule has 0 aliphatic heterocycles. The van der Waals surface area contributed by atoms with Gasteiger partial charge in [-0.15, -0.1) is 0 Å². The van der Waals surface area contributed by atoms with Crippen molar-refractivity contribution in [3.8, 4) is 11.5 Å². The van der Waals surface area contributed by atoms with Crippen molar-refractivity contribution in [2.24, 2.45) is 7.05 Å². The molecule has 0 aliphatic carbocycles. The van der Waals surface area contributed by atoms with Crippen LogP contribution in [-0.4, -0.2) is 22.0 Å². The van der Waals surface area contributed by atoms with Crippen molar-refractivity contribution in [3.63, 3.8) is 0 Å². The molecule has 2 rings (SSSR count). The number of phenols is 1. The first-order valence-electron chi connectivity index (χ1n) is 6.60. The number of aromatic nitrogens is 2. The number of methoxy groups -OCH3 is 1. The number of rotatable bonds is 5. The molecule has 0 spiro atoms. The highest BCUT2D eigenvalue weighted by atomic mass is 16.5. The quantitative estimate of drug-likeness (QED) is 0.879. The van der Waals surface area contributed by atoms with Crippen LogP contribution in [0.3, 0.4) is 0 Å². The van der Waals surface area contributed by atoms with Crippen LogP contribution in [0.25, 0.3) is 0 Å². The first kappa shape index (κ1) is 14.4. The number of hydrogen-bond donors (Lipinski definition) is 2. The van der Waals surface area contributed by atoms with Gasteiger partial charge in [0.1, 0.15) is 0 Å². The number of benzene rings is 1. The summed E-state index contributed by atoms with van der Waals surface area (Å²) >= 11 is 0. The average Bonchev–Trinajstić information content (AvgIpc) is 2.76. The van der Waals surface area contributed by atoms with Crippen LogP contribution in [0.1, 0.15) is 29.8 Å². The SMILES string of the molecule is COc1cc(C(C)NCc2cnn(C)c2C)ccc1O. The zero-order valence-electron chi connectivity index (χ0n) is 12.3. The van der Waals surface area contributed by atoms with Gasteiger partial charge in [0.2, 0.25) is 0 Å². The maximum atomic E-state index is 9.61. The van der Waals surface area contributed by atoms with Gasteiger partial charge < -0.3 is 15.2 Å². The first-order valence-corrected chi connectivity index (χ1v) is 6.60. The van der Waals surface area contributed by atoms with Crippen molar-refractivity contribution in [2.45, 2.75) is 26.4 Å². The van der Waals surface area contributed by atoms with Crippen LogP contribution >= 0.6 is 0 Å². The van der Waals surface area contributed by atoms with E-state index in [4.69, 9.17) is 4.74 Å². The summed E-state index contributed by atoms with van der Waals surface area (Å²) in [5, 5.41) is 17.3. The summed E-state index contributed by atoms with van der Waals surface area (Å²) in [6.45, 7) is 4.89. The number of phenolic OH excluding ortho intramolecular Hbond substituents is 1. The Labute approximate surface area is 119 Å². The van der Waals surface area contributed by atoms with E-state index in [1.165, 1.54) is 5.56 Å². The molecule has 5 nitrogen and oxygen atoms in total. The van der Waals surface area contributed by atoms with Crippen molar-refractivity contribution in [2.75, 3.05) is 7.11 Å². The average molecular weight is 275 g/mol. The summed E-state index contributed by atoms with van der Waals surface area (Å²) in [6, 6.07) is 5.56. The molecule has 1 unspecified atom stereocenters. The van der Waals surface area contributed by atoms with Crippen LogP contribution in [-0.2, 0) is 13.6 Å². The standard InChI is InChI=1S/C15H21N3O2/c1-10(12-5-6-14(19)15(7-12)20-4)16-8-13-9-17-18(3)11(13)2/h5-7,9-10,16,19H,8H2,1-4H3. The summed E-state index contributed by atoms with van der Waals surface area (Å²) in [4.78, 5) is 0. The van der Waals surface area contributed by atoms with Gasteiger partial charge in [-0.1, -0.05) is 6.07 Å². The molecule has 2 aromatic rings. The van der Waals surface area contributed by atoms with E-state index in [9.17, 15) is 5.11 Å². The van der Waals surface area contributed by atoms with E-state index in [1.54, 1.807) is 13.2 Å². The molecule has 1 aromatic carbocycles. The van der Waals surface area contributed by atoms with Crippen LogP contribution in [0.15, 0.2) is 24.4 Å². The van der Waals surface area contributed by atoms with Crippen molar-refractivity contribution < 1.29 is 9.84 Å². The second-order valence-electron chi connectivity index (χ2n) is 4.91. The van der Waals surface area contributed by atoms with Crippen LogP contribution in [0.4, 0.5) is 0 Å². The summed E-state index contributed by atoms with van der Waals surface area (Å²) < 4.78 is 7.00. The van der Waals surface area contributed by atoms with Gasteiger partial charge in [-0.05, 0) is 31.5 Å². The Morgan fingerprint density at radius 2 is 2.20 bits per heavy atom. The summed E-state index contributed by atoms with van der Waals surface area (Å²) in [5.74, 6) is 0.653. The highest BCUT2D eigenvalue weighted by Gasteiger charge is 2.10. The lowest BCUT2D eigenvalue weighted by molar-refractivity contribution is 0.372. The molecule has 0 aliphatic rings. The molecular weight excluding hydrogens is 254 g/mol. The fourth-order valence-electron chi connectivity index (χ4n) is 2.06. The molecule has 20 heavy (non-hydrogen) atoms. The van der Waals surface area contributed by atoms with E-state index in [0.29, 0.717) is 5.75 Å². The highest BCUT2D eigenvalue weighted by Crippen LogP contribution is 2.28. The molecule has 108 valence electrons. The van der Waals surface area contributed by atoms with Gasteiger partial charge in [0.15, 0.2) is 11.5 Å². The Kier molecular flexibility index (Phi) is 4.29. The third-order valence-electron chi connectivity index (χ3n) is 3.64. The topological polar surface area (TPSA) is 59.3 Å². The van der Waals surface area contributed by atoms with Gasteiger partial charge in [0.25, 0.3) is 0 Å². The largest absolute Gasteiger partial charge is 0.504 e. The lowest BCUT2D eigenvalue weighted by atomic mass is 10.1. The minimum atomic E-state index is 0.157. The molecule has 1 atom stereocenters. The fourth-order valence-corrected chi connectivity index (χ4v) is 2.06. The zero-order chi connectivity index (χ0) is 14.7. The van der Waals surface area contributed by atoms with Crippen molar-refractivity contribution in [1.29, 1.82) is 0 Å². The molecule has 0 saturated carbocycles. The third kappa shape index (κ3) is 2.93. The van der Waals surface area contributed by atoms with Gasteiger partial charge in [0, 0.05) is 30.9 Å². The Balaban J connectivity index is 2.05. The normalized spacial score (nSPS) is 12.4. The fraction of sp³-hybridized carbons (Fsp3) is 0.400. The van der Waals surface area contributed by atoms with Gasteiger partial charge >= 0.3 is 0 Å². The maximum absolute atomic E-state index is 9.61. The van der Waals surface area contributed by atoms with E-state index in [2.05, 4.69) is 24.3 Å². The number of nitrogens with zero attached hydrogens (tertiary/aromatic N) is 2. The third-order valence-corrected chi connectivity index (χ3v) is 3.64. The Hall–Kier alpha value is -2.01. The highest BCUT2D eigenvalue weighted by molar-refractivity contribution is 5.42. The number of hydrogen-bond acceptors (Lipinski definition) is 4. The van der Waals surface area contributed by atoms with Gasteiger partial charge in [0.05, 0.1) is 13.3 Å². The molecule has 0 radical (unpaired) electrons.